The summed E-state index contributed by atoms with van der Waals surface area (Å²) in [6.07, 6.45) is 3.27. The highest BCUT2D eigenvalue weighted by molar-refractivity contribution is 7.10. The first-order chi connectivity index (χ1) is 10.1. The number of hydrogen-bond acceptors (Lipinski definition) is 4. The summed E-state index contributed by atoms with van der Waals surface area (Å²) in [5.74, 6) is 0.908. The molecule has 1 saturated heterocycles. The smallest absolute Gasteiger partial charge is 0.237 e. The van der Waals surface area contributed by atoms with E-state index < -0.39 is 0 Å². The molecule has 0 radical (unpaired) electrons. The van der Waals surface area contributed by atoms with Crippen molar-refractivity contribution < 1.29 is 4.79 Å². The molecule has 1 atom stereocenters. The molecule has 5 heteroatoms. The van der Waals surface area contributed by atoms with Crippen molar-refractivity contribution in [1.82, 2.24) is 9.80 Å². The van der Waals surface area contributed by atoms with Gasteiger partial charge in [-0.15, -0.1) is 11.3 Å². The SMILES string of the molecule is CC(N)C1CCN(CC(=O)N2CCc3sccc3C2)CC1. The molecule has 2 aliphatic heterocycles. The Bertz CT molecular complexity index is 491. The van der Waals surface area contributed by atoms with Crippen LogP contribution < -0.4 is 5.73 Å². The van der Waals surface area contributed by atoms with E-state index in [0.29, 0.717) is 12.5 Å². The molecule has 1 aromatic heterocycles. The summed E-state index contributed by atoms with van der Waals surface area (Å²) in [6, 6.07) is 2.44. The largest absolute Gasteiger partial charge is 0.337 e. The fourth-order valence-corrected chi connectivity index (χ4v) is 4.28. The molecule has 0 aliphatic carbocycles. The van der Waals surface area contributed by atoms with Gasteiger partial charge in [0, 0.05) is 24.0 Å². The van der Waals surface area contributed by atoms with Crippen molar-refractivity contribution in [3.8, 4) is 0 Å². The van der Waals surface area contributed by atoms with Gasteiger partial charge in [0.2, 0.25) is 5.91 Å². The van der Waals surface area contributed by atoms with Crippen LogP contribution in [0.2, 0.25) is 0 Å². The van der Waals surface area contributed by atoms with Crippen molar-refractivity contribution in [3.05, 3.63) is 21.9 Å². The van der Waals surface area contributed by atoms with E-state index in [2.05, 4.69) is 23.3 Å². The summed E-state index contributed by atoms with van der Waals surface area (Å²) >= 11 is 1.82. The third kappa shape index (κ3) is 3.47. The fourth-order valence-electron chi connectivity index (χ4n) is 3.39. The summed E-state index contributed by atoms with van der Waals surface area (Å²) in [6.45, 7) is 6.37. The van der Waals surface area contributed by atoms with Gasteiger partial charge in [0.25, 0.3) is 0 Å². The van der Waals surface area contributed by atoms with E-state index in [1.54, 1.807) is 0 Å². The highest BCUT2D eigenvalue weighted by Crippen LogP contribution is 2.24. The minimum absolute atomic E-state index is 0.280. The lowest BCUT2D eigenvalue weighted by Crippen LogP contribution is -2.46. The molecule has 4 nitrogen and oxygen atoms in total. The predicted octanol–water partition coefficient (Wildman–Crippen LogP) is 1.69. The number of hydrogen-bond donors (Lipinski definition) is 1. The zero-order valence-corrected chi connectivity index (χ0v) is 13.6. The Morgan fingerprint density at radius 3 is 2.90 bits per heavy atom. The minimum Gasteiger partial charge on any atom is -0.337 e. The lowest BCUT2D eigenvalue weighted by molar-refractivity contribution is -0.133. The highest BCUT2D eigenvalue weighted by atomic mass is 32.1. The predicted molar refractivity (Wildman–Crippen MR) is 86.3 cm³/mol. The molecule has 1 aromatic rings. The van der Waals surface area contributed by atoms with Crippen LogP contribution in [0, 0.1) is 5.92 Å². The molecule has 3 heterocycles. The van der Waals surface area contributed by atoms with Crippen LogP contribution in [-0.2, 0) is 17.8 Å². The molecule has 2 aliphatic rings. The Balaban J connectivity index is 1.49. The van der Waals surface area contributed by atoms with Crippen LogP contribution in [-0.4, -0.2) is 47.9 Å². The number of piperidine rings is 1. The first-order valence-corrected chi connectivity index (χ1v) is 8.82. The number of fused-ring (bicyclic) bond motifs is 1. The van der Waals surface area contributed by atoms with E-state index in [1.807, 2.05) is 16.2 Å². The van der Waals surface area contributed by atoms with Crippen molar-refractivity contribution >= 4 is 17.2 Å². The Hall–Kier alpha value is -0.910. The van der Waals surface area contributed by atoms with Gasteiger partial charge in [-0.2, -0.15) is 0 Å². The fraction of sp³-hybridized carbons (Fsp3) is 0.688. The maximum atomic E-state index is 12.5. The van der Waals surface area contributed by atoms with Gasteiger partial charge in [0.05, 0.1) is 6.54 Å². The summed E-state index contributed by atoms with van der Waals surface area (Å²) in [5, 5.41) is 2.14. The molecule has 2 N–H and O–H groups in total. The van der Waals surface area contributed by atoms with Crippen LogP contribution in [0.1, 0.15) is 30.2 Å². The number of carbonyl (C=O) groups is 1. The van der Waals surface area contributed by atoms with Crippen molar-refractivity contribution in [3.63, 3.8) is 0 Å². The van der Waals surface area contributed by atoms with E-state index in [9.17, 15) is 4.79 Å². The molecule has 0 aromatic carbocycles. The number of carbonyl (C=O) groups excluding carboxylic acids is 1. The van der Waals surface area contributed by atoms with Gasteiger partial charge in [-0.3, -0.25) is 9.69 Å². The zero-order chi connectivity index (χ0) is 14.8. The molecular weight excluding hydrogens is 282 g/mol. The second-order valence-electron chi connectivity index (χ2n) is 6.41. The molecule has 0 bridgehead atoms. The van der Waals surface area contributed by atoms with Crippen LogP contribution in [0.25, 0.3) is 0 Å². The first-order valence-electron chi connectivity index (χ1n) is 7.94. The molecule has 1 unspecified atom stereocenters. The van der Waals surface area contributed by atoms with Gasteiger partial charge in [-0.1, -0.05) is 0 Å². The van der Waals surface area contributed by atoms with Gasteiger partial charge in [0.15, 0.2) is 0 Å². The van der Waals surface area contributed by atoms with Crippen LogP contribution in [0.3, 0.4) is 0 Å². The second-order valence-corrected chi connectivity index (χ2v) is 7.41. The number of rotatable bonds is 3. The van der Waals surface area contributed by atoms with Gasteiger partial charge in [-0.05, 0) is 62.2 Å². The third-order valence-corrected chi connectivity index (χ3v) is 5.92. The molecule has 1 amide bonds. The summed E-state index contributed by atoms with van der Waals surface area (Å²) < 4.78 is 0. The molecule has 0 spiro atoms. The van der Waals surface area contributed by atoms with E-state index in [4.69, 9.17) is 5.73 Å². The maximum absolute atomic E-state index is 12.5. The van der Waals surface area contributed by atoms with Gasteiger partial charge in [-0.25, -0.2) is 0 Å². The molecule has 0 saturated carbocycles. The molecule has 3 rings (SSSR count). The first kappa shape index (κ1) is 15.0. The Kier molecular flexibility index (Phi) is 4.62. The Labute approximate surface area is 130 Å². The van der Waals surface area contributed by atoms with Crippen molar-refractivity contribution in [2.75, 3.05) is 26.2 Å². The number of likely N-dealkylation sites (tertiary alicyclic amines) is 1. The Morgan fingerprint density at radius 2 is 2.19 bits per heavy atom. The lowest BCUT2D eigenvalue weighted by Gasteiger charge is -2.35. The van der Waals surface area contributed by atoms with E-state index in [0.717, 1.165) is 45.4 Å². The number of nitrogens with zero attached hydrogens (tertiary/aromatic N) is 2. The average molecular weight is 307 g/mol. The second kappa shape index (κ2) is 6.46. The number of nitrogens with two attached hydrogens (primary N) is 1. The van der Waals surface area contributed by atoms with Gasteiger partial charge >= 0.3 is 0 Å². The number of amides is 1. The minimum atomic E-state index is 0.280. The molecule has 1 fully saturated rings. The van der Waals surface area contributed by atoms with Gasteiger partial charge < -0.3 is 10.6 Å². The van der Waals surface area contributed by atoms with Crippen LogP contribution in [0.15, 0.2) is 11.4 Å². The van der Waals surface area contributed by atoms with Gasteiger partial charge in [0.1, 0.15) is 0 Å². The van der Waals surface area contributed by atoms with E-state index in [1.165, 1.54) is 10.4 Å². The normalized spacial score (nSPS) is 22.1. The van der Waals surface area contributed by atoms with E-state index >= 15 is 0 Å². The number of thiophene rings is 1. The summed E-state index contributed by atoms with van der Waals surface area (Å²) in [7, 11) is 0. The quantitative estimate of drug-likeness (QED) is 0.924. The maximum Gasteiger partial charge on any atom is 0.237 e. The van der Waals surface area contributed by atoms with Crippen molar-refractivity contribution in [2.45, 2.75) is 38.8 Å². The molecular formula is C16H25N3OS. The monoisotopic (exact) mass is 307 g/mol. The Morgan fingerprint density at radius 1 is 1.43 bits per heavy atom. The average Bonchev–Trinajstić information content (AvgIpc) is 2.95. The summed E-state index contributed by atoms with van der Waals surface area (Å²) in [5.41, 5.74) is 7.32. The van der Waals surface area contributed by atoms with Crippen molar-refractivity contribution in [2.24, 2.45) is 11.7 Å². The highest BCUT2D eigenvalue weighted by Gasteiger charge is 2.26. The molecule has 21 heavy (non-hydrogen) atoms. The summed E-state index contributed by atoms with van der Waals surface area (Å²) in [4.78, 5) is 18.2. The molecule has 116 valence electrons. The van der Waals surface area contributed by atoms with Crippen LogP contribution >= 0.6 is 11.3 Å². The zero-order valence-electron chi connectivity index (χ0n) is 12.8. The van der Waals surface area contributed by atoms with E-state index in [-0.39, 0.29) is 11.9 Å². The lowest BCUT2D eigenvalue weighted by atomic mass is 9.91. The van der Waals surface area contributed by atoms with Crippen LogP contribution in [0.5, 0.6) is 0 Å². The van der Waals surface area contributed by atoms with Crippen molar-refractivity contribution in [1.29, 1.82) is 0 Å². The van der Waals surface area contributed by atoms with Crippen LogP contribution in [0.4, 0.5) is 0 Å². The standard InChI is InChI=1S/C16H25N3OS/c1-12(17)13-2-6-18(7-3-13)11-16(20)19-8-4-15-14(10-19)5-9-21-15/h5,9,12-13H,2-4,6-8,10-11,17H2,1H3. The third-order valence-electron chi connectivity index (χ3n) is 4.90. The topological polar surface area (TPSA) is 49.6 Å².